The number of rotatable bonds is 2. The first-order valence-electron chi connectivity index (χ1n) is 5.11. The number of hydrogen-bond acceptors (Lipinski definition) is 3. The molecular formula is C13H10ClNO3. The fourth-order valence-corrected chi connectivity index (χ4v) is 1.89. The van der Waals surface area contributed by atoms with E-state index in [0.717, 1.165) is 0 Å². The summed E-state index contributed by atoms with van der Waals surface area (Å²) in [5, 5.41) is 19.2. The molecule has 0 aliphatic carbocycles. The summed E-state index contributed by atoms with van der Waals surface area (Å²) in [5.74, 6) is -1.15. The minimum atomic E-state index is -1.04. The third-order valence-electron chi connectivity index (χ3n) is 2.52. The van der Waals surface area contributed by atoms with Gasteiger partial charge < -0.3 is 15.9 Å². The zero-order chi connectivity index (χ0) is 13.3. The molecule has 4 nitrogen and oxygen atoms in total. The van der Waals surface area contributed by atoms with Crippen LogP contribution in [0, 0.1) is 0 Å². The van der Waals surface area contributed by atoms with Crippen LogP contribution in [0.4, 0.5) is 5.69 Å². The fraction of sp³-hybridized carbons (Fsp3) is 0. The molecule has 0 saturated carbocycles. The molecule has 18 heavy (non-hydrogen) atoms. The number of anilines is 1. The maximum Gasteiger partial charge on any atom is 0.335 e. The second kappa shape index (κ2) is 4.58. The van der Waals surface area contributed by atoms with Crippen molar-refractivity contribution < 1.29 is 15.0 Å². The Morgan fingerprint density at radius 3 is 2.61 bits per heavy atom. The summed E-state index contributed by atoms with van der Waals surface area (Å²) in [4.78, 5) is 10.9. The minimum Gasteiger partial charge on any atom is -0.505 e. The Bertz CT molecular complexity index is 626. The van der Waals surface area contributed by atoms with Gasteiger partial charge in [0.2, 0.25) is 0 Å². The summed E-state index contributed by atoms with van der Waals surface area (Å²) in [6, 6.07) is 9.16. The van der Waals surface area contributed by atoms with E-state index in [2.05, 4.69) is 0 Å². The molecule has 0 aliphatic rings. The zero-order valence-corrected chi connectivity index (χ0v) is 9.98. The van der Waals surface area contributed by atoms with Crippen molar-refractivity contribution in [2.45, 2.75) is 0 Å². The number of phenols is 1. The van der Waals surface area contributed by atoms with Crippen LogP contribution in [0.3, 0.4) is 0 Å². The second-order valence-electron chi connectivity index (χ2n) is 3.78. The van der Waals surface area contributed by atoms with Gasteiger partial charge in [-0.15, -0.1) is 0 Å². The molecule has 0 unspecified atom stereocenters. The van der Waals surface area contributed by atoms with Crippen LogP contribution in [-0.2, 0) is 0 Å². The van der Waals surface area contributed by atoms with E-state index in [0.29, 0.717) is 16.1 Å². The van der Waals surface area contributed by atoms with E-state index < -0.39 is 5.97 Å². The number of nitrogen functional groups attached to an aromatic ring is 1. The van der Waals surface area contributed by atoms with Crippen LogP contribution in [0.15, 0.2) is 36.4 Å². The van der Waals surface area contributed by atoms with Crippen molar-refractivity contribution in [3.8, 4) is 16.9 Å². The monoisotopic (exact) mass is 263 g/mol. The Labute approximate surface area is 108 Å². The third-order valence-corrected chi connectivity index (χ3v) is 2.74. The lowest BCUT2D eigenvalue weighted by molar-refractivity contribution is 0.0697. The van der Waals surface area contributed by atoms with E-state index in [1.165, 1.54) is 24.3 Å². The highest BCUT2D eigenvalue weighted by Gasteiger charge is 2.11. The van der Waals surface area contributed by atoms with Crippen LogP contribution in [0.1, 0.15) is 10.4 Å². The van der Waals surface area contributed by atoms with Crippen molar-refractivity contribution >= 4 is 23.3 Å². The van der Waals surface area contributed by atoms with Crippen LogP contribution >= 0.6 is 11.6 Å². The van der Waals surface area contributed by atoms with E-state index >= 15 is 0 Å². The van der Waals surface area contributed by atoms with Gasteiger partial charge in [0.25, 0.3) is 0 Å². The molecule has 2 rings (SSSR count). The summed E-state index contributed by atoms with van der Waals surface area (Å²) in [7, 11) is 0. The van der Waals surface area contributed by atoms with Gasteiger partial charge in [-0.25, -0.2) is 4.79 Å². The number of hydrogen-bond donors (Lipinski definition) is 3. The van der Waals surface area contributed by atoms with Gasteiger partial charge in [-0.1, -0.05) is 23.7 Å². The van der Waals surface area contributed by atoms with Gasteiger partial charge in [0.1, 0.15) is 5.75 Å². The molecule has 0 amide bonds. The number of halogens is 1. The van der Waals surface area contributed by atoms with Crippen LogP contribution in [-0.4, -0.2) is 16.2 Å². The molecule has 0 atom stereocenters. The molecule has 2 aromatic rings. The highest BCUT2D eigenvalue weighted by atomic mass is 35.5. The van der Waals surface area contributed by atoms with Crippen molar-refractivity contribution in [3.63, 3.8) is 0 Å². The predicted molar refractivity (Wildman–Crippen MR) is 69.9 cm³/mol. The Hall–Kier alpha value is -2.20. The van der Waals surface area contributed by atoms with E-state index in [4.69, 9.17) is 22.4 Å². The molecule has 92 valence electrons. The van der Waals surface area contributed by atoms with Gasteiger partial charge in [0.05, 0.1) is 11.3 Å². The molecule has 4 N–H and O–H groups in total. The SMILES string of the molecule is Nc1cc(Cl)cc(-c2cccc(C(=O)O)c2)c1O. The van der Waals surface area contributed by atoms with Gasteiger partial charge in [0, 0.05) is 10.6 Å². The third kappa shape index (κ3) is 2.24. The molecule has 0 aromatic heterocycles. The average molecular weight is 264 g/mol. The van der Waals surface area contributed by atoms with Crippen LogP contribution in [0.25, 0.3) is 11.1 Å². The molecule has 0 heterocycles. The van der Waals surface area contributed by atoms with E-state index in [-0.39, 0.29) is 17.0 Å². The topological polar surface area (TPSA) is 83.6 Å². The van der Waals surface area contributed by atoms with E-state index in [1.54, 1.807) is 12.1 Å². The number of benzene rings is 2. The molecule has 0 aliphatic heterocycles. The van der Waals surface area contributed by atoms with Gasteiger partial charge in [0.15, 0.2) is 0 Å². The number of carbonyl (C=O) groups is 1. The first kappa shape index (κ1) is 12.3. The highest BCUT2D eigenvalue weighted by Crippen LogP contribution is 2.36. The molecule has 0 spiro atoms. The summed E-state index contributed by atoms with van der Waals surface area (Å²) >= 11 is 5.87. The first-order chi connectivity index (χ1) is 8.49. The standard InChI is InChI=1S/C13H10ClNO3/c14-9-5-10(12(16)11(15)6-9)7-2-1-3-8(4-7)13(17)18/h1-6,16H,15H2,(H,17,18). The van der Waals surface area contributed by atoms with Crippen LogP contribution in [0.5, 0.6) is 5.75 Å². The van der Waals surface area contributed by atoms with Gasteiger partial charge >= 0.3 is 5.97 Å². The van der Waals surface area contributed by atoms with E-state index in [9.17, 15) is 9.90 Å². The maximum absolute atomic E-state index is 10.9. The molecule has 2 aromatic carbocycles. The van der Waals surface area contributed by atoms with Gasteiger partial charge in [-0.3, -0.25) is 0 Å². The lowest BCUT2D eigenvalue weighted by Gasteiger charge is -2.08. The number of carboxylic acid groups (broad SMARTS) is 1. The Morgan fingerprint density at radius 2 is 1.94 bits per heavy atom. The van der Waals surface area contributed by atoms with Crippen molar-refractivity contribution in [2.24, 2.45) is 0 Å². The van der Waals surface area contributed by atoms with Crippen molar-refractivity contribution in [1.82, 2.24) is 0 Å². The molecule has 0 radical (unpaired) electrons. The summed E-state index contributed by atoms with van der Waals surface area (Å²) < 4.78 is 0. The quantitative estimate of drug-likeness (QED) is 0.574. The van der Waals surface area contributed by atoms with Crippen molar-refractivity contribution in [1.29, 1.82) is 0 Å². The summed E-state index contributed by atoms with van der Waals surface area (Å²) in [6.07, 6.45) is 0. The Kier molecular flexibility index (Phi) is 3.12. The van der Waals surface area contributed by atoms with Crippen molar-refractivity contribution in [2.75, 3.05) is 5.73 Å². The number of phenolic OH excluding ortho intramolecular Hbond substituents is 1. The second-order valence-corrected chi connectivity index (χ2v) is 4.21. The van der Waals surface area contributed by atoms with Gasteiger partial charge in [-0.2, -0.15) is 0 Å². The molecule has 0 bridgehead atoms. The number of nitrogens with two attached hydrogens (primary N) is 1. The number of aromatic hydroxyl groups is 1. The predicted octanol–water partition coefficient (Wildman–Crippen LogP) is 2.99. The summed E-state index contributed by atoms with van der Waals surface area (Å²) in [6.45, 7) is 0. The molecule has 0 saturated heterocycles. The lowest BCUT2D eigenvalue weighted by Crippen LogP contribution is -1.96. The lowest BCUT2D eigenvalue weighted by atomic mass is 10.0. The minimum absolute atomic E-state index is 0.109. The molecule has 0 fully saturated rings. The normalized spacial score (nSPS) is 10.3. The van der Waals surface area contributed by atoms with Crippen LogP contribution < -0.4 is 5.73 Å². The Morgan fingerprint density at radius 1 is 1.22 bits per heavy atom. The highest BCUT2D eigenvalue weighted by molar-refractivity contribution is 6.31. The molecule has 5 heteroatoms. The van der Waals surface area contributed by atoms with Crippen molar-refractivity contribution in [3.05, 3.63) is 47.0 Å². The largest absolute Gasteiger partial charge is 0.505 e. The fourth-order valence-electron chi connectivity index (χ4n) is 1.66. The molecular weight excluding hydrogens is 254 g/mol. The van der Waals surface area contributed by atoms with Crippen LogP contribution in [0.2, 0.25) is 5.02 Å². The Balaban J connectivity index is 2.62. The summed E-state index contributed by atoms with van der Waals surface area (Å²) in [5.41, 5.74) is 6.84. The maximum atomic E-state index is 10.9. The number of aromatic carboxylic acids is 1. The smallest absolute Gasteiger partial charge is 0.335 e. The number of carboxylic acids is 1. The average Bonchev–Trinajstić information content (AvgIpc) is 2.34. The van der Waals surface area contributed by atoms with Gasteiger partial charge in [-0.05, 0) is 29.8 Å². The first-order valence-corrected chi connectivity index (χ1v) is 5.48. The van der Waals surface area contributed by atoms with E-state index in [1.807, 2.05) is 0 Å². The zero-order valence-electron chi connectivity index (χ0n) is 9.22.